The van der Waals surface area contributed by atoms with Crippen molar-refractivity contribution in [3.63, 3.8) is 0 Å². The van der Waals surface area contributed by atoms with Crippen LogP contribution in [0.3, 0.4) is 0 Å². The van der Waals surface area contributed by atoms with Gasteiger partial charge in [0, 0.05) is 19.2 Å². The molecule has 1 aliphatic heterocycles. The quantitative estimate of drug-likeness (QED) is 0.739. The Morgan fingerprint density at radius 3 is 2.78 bits per heavy atom. The Morgan fingerprint density at radius 1 is 1.22 bits per heavy atom. The van der Waals surface area contributed by atoms with Crippen LogP contribution in [0.2, 0.25) is 5.15 Å². The first-order valence-corrected chi connectivity index (χ1v) is 6.80. The second kappa shape index (κ2) is 3.82. The van der Waals surface area contributed by atoms with Crippen molar-refractivity contribution in [3.05, 3.63) is 17.5 Å². The van der Waals surface area contributed by atoms with E-state index in [1.54, 1.807) is 4.52 Å². The van der Waals surface area contributed by atoms with E-state index in [1.165, 1.54) is 25.6 Å². The monoisotopic (exact) mass is 263 g/mol. The van der Waals surface area contributed by atoms with Gasteiger partial charge in [0.2, 0.25) is 0 Å². The van der Waals surface area contributed by atoms with Crippen LogP contribution < -0.4 is 4.90 Å². The van der Waals surface area contributed by atoms with Crippen LogP contribution in [0.4, 0.5) is 5.82 Å². The smallest absolute Gasteiger partial charge is 0.255 e. The van der Waals surface area contributed by atoms with E-state index in [4.69, 9.17) is 11.6 Å². The van der Waals surface area contributed by atoms with Gasteiger partial charge in [0.1, 0.15) is 17.3 Å². The Morgan fingerprint density at radius 2 is 2.00 bits per heavy atom. The number of fused-ring (bicyclic) bond motifs is 2. The van der Waals surface area contributed by atoms with Gasteiger partial charge in [0.15, 0.2) is 0 Å². The number of rotatable bonds is 1. The molecule has 2 aliphatic rings. The fourth-order valence-corrected chi connectivity index (χ4v) is 3.59. The van der Waals surface area contributed by atoms with Crippen LogP contribution in [0.25, 0.3) is 5.78 Å². The zero-order valence-corrected chi connectivity index (χ0v) is 10.7. The number of aromatic nitrogens is 4. The Balaban J connectivity index is 1.76. The maximum atomic E-state index is 6.06. The molecule has 2 aromatic rings. The zero-order chi connectivity index (χ0) is 12.1. The Hall–Kier alpha value is -1.36. The highest BCUT2D eigenvalue weighted by molar-refractivity contribution is 6.29. The van der Waals surface area contributed by atoms with E-state index in [1.807, 2.05) is 6.07 Å². The van der Waals surface area contributed by atoms with E-state index >= 15 is 0 Å². The van der Waals surface area contributed by atoms with Crippen LogP contribution in [0.1, 0.15) is 19.3 Å². The van der Waals surface area contributed by atoms with Gasteiger partial charge in [-0.05, 0) is 24.7 Å². The second-order valence-electron chi connectivity index (χ2n) is 5.26. The van der Waals surface area contributed by atoms with Crippen molar-refractivity contribution in [2.75, 3.05) is 18.0 Å². The summed E-state index contributed by atoms with van der Waals surface area (Å²) in [4.78, 5) is 10.7. The maximum absolute atomic E-state index is 6.06. The molecule has 94 valence electrons. The summed E-state index contributed by atoms with van der Waals surface area (Å²) in [6.07, 6.45) is 5.64. The maximum Gasteiger partial charge on any atom is 0.255 e. The first-order valence-electron chi connectivity index (χ1n) is 6.42. The molecule has 0 N–H and O–H groups in total. The number of anilines is 1. The number of hydrogen-bond acceptors (Lipinski definition) is 4. The van der Waals surface area contributed by atoms with Gasteiger partial charge in [-0.3, -0.25) is 0 Å². The molecule has 0 amide bonds. The molecule has 3 heterocycles. The van der Waals surface area contributed by atoms with Crippen molar-refractivity contribution in [1.82, 2.24) is 19.6 Å². The van der Waals surface area contributed by atoms with E-state index in [2.05, 4.69) is 20.0 Å². The second-order valence-corrected chi connectivity index (χ2v) is 5.65. The SMILES string of the molecule is Clc1cc(N2CC3CCCC3C2)n2ncnc2n1. The molecule has 1 saturated carbocycles. The summed E-state index contributed by atoms with van der Waals surface area (Å²) in [5.41, 5.74) is 0. The molecule has 2 fully saturated rings. The van der Waals surface area contributed by atoms with E-state index in [-0.39, 0.29) is 0 Å². The topological polar surface area (TPSA) is 46.3 Å². The van der Waals surface area contributed by atoms with Crippen LogP contribution in [0, 0.1) is 11.8 Å². The predicted octanol–water partition coefficient (Wildman–Crippen LogP) is 2.01. The van der Waals surface area contributed by atoms with E-state index in [9.17, 15) is 0 Å². The lowest BCUT2D eigenvalue weighted by Crippen LogP contribution is -2.23. The van der Waals surface area contributed by atoms with Crippen LogP contribution >= 0.6 is 11.6 Å². The van der Waals surface area contributed by atoms with Gasteiger partial charge in [-0.15, -0.1) is 0 Å². The molecule has 2 unspecified atom stereocenters. The van der Waals surface area contributed by atoms with Gasteiger partial charge < -0.3 is 4.90 Å². The molecule has 0 spiro atoms. The highest BCUT2D eigenvalue weighted by atomic mass is 35.5. The molecule has 0 radical (unpaired) electrons. The first-order chi connectivity index (χ1) is 8.81. The number of hydrogen-bond donors (Lipinski definition) is 0. The molecule has 1 aliphatic carbocycles. The van der Waals surface area contributed by atoms with Crippen molar-refractivity contribution in [2.45, 2.75) is 19.3 Å². The third kappa shape index (κ3) is 1.50. The molecular weight excluding hydrogens is 250 g/mol. The van der Waals surface area contributed by atoms with Crippen molar-refractivity contribution in [1.29, 1.82) is 0 Å². The minimum absolute atomic E-state index is 0.488. The van der Waals surface area contributed by atoms with Crippen LogP contribution in [0.5, 0.6) is 0 Å². The Bertz CT molecular complexity index is 583. The summed E-state index contributed by atoms with van der Waals surface area (Å²) < 4.78 is 1.78. The summed E-state index contributed by atoms with van der Waals surface area (Å²) in [5.74, 6) is 3.29. The van der Waals surface area contributed by atoms with Gasteiger partial charge in [0.25, 0.3) is 5.78 Å². The lowest BCUT2D eigenvalue weighted by Gasteiger charge is -2.19. The standard InChI is InChI=1S/C12H14ClN5/c13-10-4-11(18-12(16-10)14-7-15-18)17-5-8-2-1-3-9(8)6-17/h4,7-9H,1-3,5-6H2. The summed E-state index contributed by atoms with van der Waals surface area (Å²) in [6, 6.07) is 1.89. The lowest BCUT2D eigenvalue weighted by molar-refractivity contribution is 0.494. The van der Waals surface area contributed by atoms with Crippen molar-refractivity contribution < 1.29 is 0 Å². The molecule has 2 aromatic heterocycles. The third-order valence-electron chi connectivity index (χ3n) is 4.25. The van der Waals surface area contributed by atoms with Gasteiger partial charge >= 0.3 is 0 Å². The van der Waals surface area contributed by atoms with E-state index in [0.717, 1.165) is 30.7 Å². The molecule has 6 heteroatoms. The van der Waals surface area contributed by atoms with Crippen molar-refractivity contribution in [3.8, 4) is 0 Å². The molecule has 18 heavy (non-hydrogen) atoms. The first kappa shape index (κ1) is 10.6. The Kier molecular flexibility index (Phi) is 2.24. The normalized spacial score (nSPS) is 27.1. The zero-order valence-electron chi connectivity index (χ0n) is 9.96. The minimum atomic E-state index is 0.488. The van der Waals surface area contributed by atoms with Gasteiger partial charge in [-0.2, -0.15) is 19.6 Å². The molecule has 0 aromatic carbocycles. The minimum Gasteiger partial charge on any atom is -0.356 e. The van der Waals surface area contributed by atoms with Gasteiger partial charge in [-0.1, -0.05) is 18.0 Å². The molecule has 0 bridgehead atoms. The lowest BCUT2D eigenvalue weighted by atomic mass is 10.0. The average molecular weight is 264 g/mol. The van der Waals surface area contributed by atoms with Crippen LogP contribution in [-0.4, -0.2) is 32.7 Å². The van der Waals surface area contributed by atoms with E-state index < -0.39 is 0 Å². The van der Waals surface area contributed by atoms with E-state index in [0.29, 0.717) is 10.9 Å². The largest absolute Gasteiger partial charge is 0.356 e. The van der Waals surface area contributed by atoms with Crippen molar-refractivity contribution >= 4 is 23.2 Å². The summed E-state index contributed by atoms with van der Waals surface area (Å²) >= 11 is 6.06. The number of nitrogens with zero attached hydrogens (tertiary/aromatic N) is 5. The molecular formula is C12H14ClN5. The molecule has 1 saturated heterocycles. The summed E-state index contributed by atoms with van der Waals surface area (Å²) in [6.45, 7) is 2.22. The average Bonchev–Trinajstić information content (AvgIpc) is 3.01. The van der Waals surface area contributed by atoms with Crippen LogP contribution in [-0.2, 0) is 0 Å². The molecule has 4 rings (SSSR count). The highest BCUT2D eigenvalue weighted by Gasteiger charge is 2.37. The van der Waals surface area contributed by atoms with Gasteiger partial charge in [0.05, 0.1) is 0 Å². The van der Waals surface area contributed by atoms with Crippen molar-refractivity contribution in [2.24, 2.45) is 11.8 Å². The molecule has 5 nitrogen and oxygen atoms in total. The van der Waals surface area contributed by atoms with Crippen LogP contribution in [0.15, 0.2) is 12.4 Å². The highest BCUT2D eigenvalue weighted by Crippen LogP contribution is 2.39. The van der Waals surface area contributed by atoms with Gasteiger partial charge in [-0.25, -0.2) is 0 Å². The third-order valence-corrected chi connectivity index (χ3v) is 4.45. The summed E-state index contributed by atoms with van der Waals surface area (Å²) in [7, 11) is 0. The fraction of sp³-hybridized carbons (Fsp3) is 0.583. The number of halogens is 1. The fourth-order valence-electron chi connectivity index (χ4n) is 3.42. The Labute approximate surface area is 110 Å². The summed E-state index contributed by atoms with van der Waals surface area (Å²) in [5, 5.41) is 4.73. The predicted molar refractivity (Wildman–Crippen MR) is 68.8 cm³/mol. The molecule has 2 atom stereocenters.